The second-order valence-electron chi connectivity index (χ2n) is 5.52. The van der Waals surface area contributed by atoms with E-state index in [9.17, 15) is 0 Å². The Kier molecular flexibility index (Phi) is 4.51. The summed E-state index contributed by atoms with van der Waals surface area (Å²) in [4.78, 5) is 4.64. The monoisotopic (exact) mass is 240 g/mol. The smallest absolute Gasteiger partial charge is 0.113 e. The van der Waals surface area contributed by atoms with Crippen LogP contribution in [0.4, 0.5) is 0 Å². The van der Waals surface area contributed by atoms with Crippen molar-refractivity contribution in [3.63, 3.8) is 0 Å². The average Bonchev–Trinajstić information content (AvgIpc) is 2.48. The van der Waals surface area contributed by atoms with E-state index in [-0.39, 0.29) is 5.54 Å². The van der Waals surface area contributed by atoms with Crippen LogP contribution in [0.5, 0.6) is 0 Å². The minimum absolute atomic E-state index is 0.0151. The van der Waals surface area contributed by atoms with E-state index in [1.807, 2.05) is 0 Å². The molecule has 1 rings (SSSR count). The second-order valence-corrected chi connectivity index (χ2v) is 6.38. The minimum atomic E-state index is 0.0151. The molecule has 0 aliphatic carbocycles. The molecular formula is C13H24N2S. The van der Waals surface area contributed by atoms with Gasteiger partial charge in [0.15, 0.2) is 0 Å². The lowest BCUT2D eigenvalue weighted by molar-refractivity contribution is 0.275. The first-order valence-corrected chi connectivity index (χ1v) is 6.92. The molecule has 0 aliphatic rings. The highest BCUT2D eigenvalue weighted by molar-refractivity contribution is 7.09. The highest BCUT2D eigenvalue weighted by Crippen LogP contribution is 2.31. The third kappa shape index (κ3) is 3.56. The first-order valence-electron chi connectivity index (χ1n) is 6.04. The zero-order valence-electron chi connectivity index (χ0n) is 11.3. The van der Waals surface area contributed by atoms with E-state index in [0.29, 0.717) is 12.0 Å². The third-order valence-electron chi connectivity index (χ3n) is 2.51. The summed E-state index contributed by atoms with van der Waals surface area (Å²) in [6.45, 7) is 13.2. The zero-order chi connectivity index (χ0) is 12.3. The molecular weight excluding hydrogens is 216 g/mol. The van der Waals surface area contributed by atoms with Gasteiger partial charge in [0, 0.05) is 17.1 Å². The quantitative estimate of drug-likeness (QED) is 0.848. The number of hydrogen-bond donors (Lipinski definition) is 1. The number of aryl methyl sites for hydroxylation is 1. The van der Waals surface area contributed by atoms with Gasteiger partial charge in [-0.1, -0.05) is 13.8 Å². The summed E-state index contributed by atoms with van der Waals surface area (Å²) in [5.41, 5.74) is 1.14. The van der Waals surface area contributed by atoms with E-state index in [4.69, 9.17) is 0 Å². The summed E-state index contributed by atoms with van der Waals surface area (Å²) in [5.74, 6) is 0.667. The van der Waals surface area contributed by atoms with E-state index in [1.165, 1.54) is 5.01 Å². The highest BCUT2D eigenvalue weighted by Gasteiger charge is 2.30. The molecule has 1 unspecified atom stereocenters. The summed E-state index contributed by atoms with van der Waals surface area (Å²) in [7, 11) is 0. The zero-order valence-corrected chi connectivity index (χ0v) is 12.1. The minimum Gasteiger partial charge on any atom is -0.303 e. The summed E-state index contributed by atoms with van der Waals surface area (Å²) in [5, 5.41) is 7.02. The lowest BCUT2D eigenvalue weighted by Crippen LogP contribution is -2.44. The molecule has 2 nitrogen and oxygen atoms in total. The molecule has 0 bridgehead atoms. The number of thiazole rings is 1. The molecule has 1 atom stereocenters. The fraction of sp³-hybridized carbons (Fsp3) is 0.769. The van der Waals surface area contributed by atoms with Gasteiger partial charge in [-0.05, 0) is 40.0 Å². The van der Waals surface area contributed by atoms with E-state index in [1.54, 1.807) is 11.3 Å². The van der Waals surface area contributed by atoms with Crippen LogP contribution in [-0.2, 0) is 5.54 Å². The summed E-state index contributed by atoms with van der Waals surface area (Å²) >= 11 is 1.77. The standard InChI is InChI=1S/C13H24N2S/c1-9(2)7-13(6,15-10(3)4)12-14-11(5)8-16-12/h8-10,15H,7H2,1-6H3. The van der Waals surface area contributed by atoms with Crippen molar-refractivity contribution >= 4 is 11.3 Å². The first kappa shape index (κ1) is 13.7. The molecule has 0 amide bonds. The van der Waals surface area contributed by atoms with Gasteiger partial charge in [0.2, 0.25) is 0 Å². The predicted octanol–water partition coefficient (Wildman–Crippen LogP) is 3.71. The third-order valence-corrected chi connectivity index (χ3v) is 3.74. The Balaban J connectivity index is 2.94. The van der Waals surface area contributed by atoms with Crippen LogP contribution in [0.25, 0.3) is 0 Å². The van der Waals surface area contributed by atoms with Gasteiger partial charge in [-0.3, -0.25) is 0 Å². The Hall–Kier alpha value is -0.410. The predicted molar refractivity (Wildman–Crippen MR) is 71.9 cm³/mol. The van der Waals surface area contributed by atoms with Crippen molar-refractivity contribution in [2.24, 2.45) is 5.92 Å². The molecule has 0 spiro atoms. The fourth-order valence-corrected chi connectivity index (χ4v) is 3.20. The lowest BCUT2D eigenvalue weighted by Gasteiger charge is -2.32. The van der Waals surface area contributed by atoms with Crippen LogP contribution in [0.3, 0.4) is 0 Å². The molecule has 0 fully saturated rings. The van der Waals surface area contributed by atoms with E-state index < -0.39 is 0 Å². The van der Waals surface area contributed by atoms with Crippen LogP contribution in [0.2, 0.25) is 0 Å². The number of nitrogens with zero attached hydrogens (tertiary/aromatic N) is 1. The van der Waals surface area contributed by atoms with Crippen molar-refractivity contribution in [2.75, 3.05) is 0 Å². The van der Waals surface area contributed by atoms with Crippen molar-refractivity contribution in [3.05, 3.63) is 16.1 Å². The Bertz CT molecular complexity index is 318. The van der Waals surface area contributed by atoms with Crippen LogP contribution in [-0.4, -0.2) is 11.0 Å². The molecule has 1 N–H and O–H groups in total. The van der Waals surface area contributed by atoms with Crippen molar-refractivity contribution in [3.8, 4) is 0 Å². The summed E-state index contributed by atoms with van der Waals surface area (Å²) in [6.07, 6.45) is 1.12. The van der Waals surface area contributed by atoms with E-state index in [0.717, 1.165) is 12.1 Å². The van der Waals surface area contributed by atoms with Gasteiger partial charge >= 0.3 is 0 Å². The topological polar surface area (TPSA) is 24.9 Å². The number of aromatic nitrogens is 1. The van der Waals surface area contributed by atoms with Crippen molar-refractivity contribution in [1.29, 1.82) is 0 Å². The van der Waals surface area contributed by atoms with E-state index in [2.05, 4.69) is 57.2 Å². The Morgan fingerprint density at radius 3 is 2.38 bits per heavy atom. The van der Waals surface area contributed by atoms with Crippen LogP contribution in [0.1, 0.15) is 51.7 Å². The molecule has 16 heavy (non-hydrogen) atoms. The van der Waals surface area contributed by atoms with Crippen molar-refractivity contribution in [2.45, 2.75) is 59.5 Å². The maximum absolute atomic E-state index is 4.64. The Morgan fingerprint density at radius 1 is 1.38 bits per heavy atom. The maximum Gasteiger partial charge on any atom is 0.113 e. The van der Waals surface area contributed by atoms with Crippen LogP contribution < -0.4 is 5.32 Å². The molecule has 92 valence electrons. The van der Waals surface area contributed by atoms with Crippen LogP contribution >= 0.6 is 11.3 Å². The maximum atomic E-state index is 4.64. The molecule has 0 saturated heterocycles. The first-order chi connectivity index (χ1) is 7.33. The van der Waals surface area contributed by atoms with Crippen LogP contribution in [0, 0.1) is 12.8 Å². The molecule has 3 heteroatoms. The largest absolute Gasteiger partial charge is 0.303 e. The van der Waals surface area contributed by atoms with Gasteiger partial charge in [0.25, 0.3) is 0 Å². The van der Waals surface area contributed by atoms with Gasteiger partial charge in [0.1, 0.15) is 5.01 Å². The van der Waals surface area contributed by atoms with Crippen molar-refractivity contribution < 1.29 is 0 Å². The summed E-state index contributed by atoms with van der Waals surface area (Å²) in [6, 6.07) is 0.480. The number of nitrogens with one attached hydrogen (secondary N) is 1. The molecule has 0 radical (unpaired) electrons. The normalized spacial score (nSPS) is 15.8. The molecule has 0 aliphatic heterocycles. The molecule has 0 saturated carbocycles. The average molecular weight is 240 g/mol. The van der Waals surface area contributed by atoms with Crippen LogP contribution in [0.15, 0.2) is 5.38 Å². The van der Waals surface area contributed by atoms with Gasteiger partial charge in [-0.15, -0.1) is 11.3 Å². The van der Waals surface area contributed by atoms with E-state index >= 15 is 0 Å². The van der Waals surface area contributed by atoms with Crippen molar-refractivity contribution in [1.82, 2.24) is 10.3 Å². The van der Waals surface area contributed by atoms with Gasteiger partial charge in [-0.25, -0.2) is 4.98 Å². The van der Waals surface area contributed by atoms with Gasteiger partial charge < -0.3 is 5.32 Å². The molecule has 0 aromatic carbocycles. The summed E-state index contributed by atoms with van der Waals surface area (Å²) < 4.78 is 0. The number of hydrogen-bond acceptors (Lipinski definition) is 3. The molecule has 1 aromatic rings. The Labute approximate surface area is 103 Å². The highest BCUT2D eigenvalue weighted by atomic mass is 32.1. The lowest BCUT2D eigenvalue weighted by atomic mass is 9.90. The SMILES string of the molecule is Cc1csc(C(C)(CC(C)C)NC(C)C)n1. The van der Waals surface area contributed by atoms with Gasteiger partial charge in [0.05, 0.1) is 5.54 Å². The second kappa shape index (κ2) is 5.28. The number of rotatable bonds is 5. The van der Waals surface area contributed by atoms with Gasteiger partial charge in [-0.2, -0.15) is 0 Å². The molecule has 1 aromatic heterocycles. The fourth-order valence-electron chi connectivity index (χ4n) is 2.27. The Morgan fingerprint density at radius 2 is 2.00 bits per heavy atom. The molecule has 1 heterocycles.